The minimum atomic E-state index is -1.06. The molecule has 1 N–H and O–H groups in total. The predicted molar refractivity (Wildman–Crippen MR) is 79.0 cm³/mol. The van der Waals surface area contributed by atoms with Crippen molar-refractivity contribution in [2.75, 3.05) is 0 Å². The number of hydrogen-bond donors (Lipinski definition) is 1. The van der Waals surface area contributed by atoms with Gasteiger partial charge < -0.3 is 5.11 Å². The summed E-state index contributed by atoms with van der Waals surface area (Å²) in [4.78, 5) is 15.3. The summed E-state index contributed by atoms with van der Waals surface area (Å²) >= 11 is 0. The molecule has 0 aliphatic carbocycles. The van der Waals surface area contributed by atoms with Gasteiger partial charge in [-0.15, -0.1) is 5.10 Å². The van der Waals surface area contributed by atoms with Gasteiger partial charge in [0.25, 0.3) is 0 Å². The maximum Gasteiger partial charge on any atom is 0.358 e. The van der Waals surface area contributed by atoms with Crippen LogP contribution in [0.2, 0.25) is 0 Å². The van der Waals surface area contributed by atoms with E-state index in [9.17, 15) is 9.90 Å². The molecule has 6 nitrogen and oxygen atoms in total. The Kier molecular flexibility index (Phi) is 5.43. The van der Waals surface area contributed by atoms with Gasteiger partial charge in [0.05, 0.1) is 0 Å². The van der Waals surface area contributed by atoms with E-state index in [2.05, 4.69) is 22.2 Å². The summed E-state index contributed by atoms with van der Waals surface area (Å²) in [6.45, 7) is 2.85. The fourth-order valence-corrected chi connectivity index (χ4v) is 2.27. The summed E-state index contributed by atoms with van der Waals surface area (Å²) in [5.41, 5.74) is 1.25. The number of carbonyl (C=O) groups is 1. The first-order valence-electron chi connectivity index (χ1n) is 7.31. The van der Waals surface area contributed by atoms with Gasteiger partial charge in [0.15, 0.2) is 5.69 Å². The Morgan fingerprint density at radius 1 is 1.29 bits per heavy atom. The lowest BCUT2D eigenvalue weighted by Gasteiger charge is -2.07. The van der Waals surface area contributed by atoms with Crippen LogP contribution in [0.1, 0.15) is 49.5 Å². The van der Waals surface area contributed by atoms with Crippen molar-refractivity contribution in [2.24, 2.45) is 0 Å². The highest BCUT2D eigenvalue weighted by Crippen LogP contribution is 2.22. The van der Waals surface area contributed by atoms with E-state index in [0.717, 1.165) is 18.4 Å². The summed E-state index contributed by atoms with van der Waals surface area (Å²) < 4.78 is 1.67. The highest BCUT2D eigenvalue weighted by molar-refractivity contribution is 5.92. The molecule has 2 aromatic heterocycles. The molecule has 21 heavy (non-hydrogen) atoms. The highest BCUT2D eigenvalue weighted by Gasteiger charge is 2.20. The number of pyridine rings is 1. The van der Waals surface area contributed by atoms with E-state index in [0.29, 0.717) is 12.2 Å². The zero-order valence-electron chi connectivity index (χ0n) is 12.2. The van der Waals surface area contributed by atoms with Crippen LogP contribution in [0.5, 0.6) is 0 Å². The molecule has 0 saturated heterocycles. The van der Waals surface area contributed by atoms with E-state index in [1.54, 1.807) is 23.1 Å². The number of carboxylic acid groups (broad SMARTS) is 1. The van der Waals surface area contributed by atoms with Gasteiger partial charge in [-0.1, -0.05) is 37.8 Å². The second kappa shape index (κ2) is 7.52. The van der Waals surface area contributed by atoms with Crippen molar-refractivity contribution in [3.63, 3.8) is 0 Å². The largest absolute Gasteiger partial charge is 0.476 e. The first-order chi connectivity index (χ1) is 10.2. The standard InChI is InChI=1S/C15H20N4O2/c1-2-3-4-5-6-10-19-14(12-8-7-9-16-11-12)13(15(20)21)17-18-19/h7-9,11H,2-6,10H2,1H3,(H,20,21). The van der Waals surface area contributed by atoms with E-state index in [1.165, 1.54) is 19.3 Å². The number of carboxylic acids is 1. The number of hydrogen-bond acceptors (Lipinski definition) is 4. The molecule has 2 aromatic rings. The number of aromatic carboxylic acids is 1. The van der Waals surface area contributed by atoms with Crippen LogP contribution >= 0.6 is 0 Å². The fourth-order valence-electron chi connectivity index (χ4n) is 2.27. The highest BCUT2D eigenvalue weighted by atomic mass is 16.4. The molecular weight excluding hydrogens is 268 g/mol. The Bertz CT molecular complexity index is 581. The van der Waals surface area contributed by atoms with Crippen molar-refractivity contribution in [3.8, 4) is 11.3 Å². The van der Waals surface area contributed by atoms with Gasteiger partial charge >= 0.3 is 5.97 Å². The van der Waals surface area contributed by atoms with Crippen LogP contribution in [0.25, 0.3) is 11.3 Å². The molecule has 0 saturated carbocycles. The third-order valence-electron chi connectivity index (χ3n) is 3.35. The molecule has 112 valence electrons. The third kappa shape index (κ3) is 3.87. The van der Waals surface area contributed by atoms with Crippen LogP contribution in [-0.4, -0.2) is 31.1 Å². The summed E-state index contributed by atoms with van der Waals surface area (Å²) in [5.74, 6) is -1.06. The zero-order chi connectivity index (χ0) is 15.1. The number of nitrogens with zero attached hydrogens (tertiary/aromatic N) is 4. The summed E-state index contributed by atoms with van der Waals surface area (Å²) in [6.07, 6.45) is 9.00. The lowest BCUT2D eigenvalue weighted by Crippen LogP contribution is -2.05. The predicted octanol–water partition coefficient (Wildman–Crippen LogP) is 3.01. The van der Waals surface area contributed by atoms with Gasteiger partial charge in [0.2, 0.25) is 0 Å². The molecule has 0 fully saturated rings. The van der Waals surface area contributed by atoms with Crippen molar-refractivity contribution >= 4 is 5.97 Å². The van der Waals surface area contributed by atoms with Crippen molar-refractivity contribution in [2.45, 2.75) is 45.6 Å². The third-order valence-corrected chi connectivity index (χ3v) is 3.35. The van der Waals surface area contributed by atoms with Crippen molar-refractivity contribution < 1.29 is 9.90 Å². The SMILES string of the molecule is CCCCCCCn1nnc(C(=O)O)c1-c1cccnc1. The van der Waals surface area contributed by atoms with Crippen molar-refractivity contribution in [3.05, 3.63) is 30.2 Å². The Morgan fingerprint density at radius 3 is 2.76 bits per heavy atom. The Morgan fingerprint density at radius 2 is 2.10 bits per heavy atom. The van der Waals surface area contributed by atoms with Gasteiger partial charge in [-0.25, -0.2) is 9.48 Å². The zero-order valence-corrected chi connectivity index (χ0v) is 12.2. The molecule has 2 heterocycles. The average Bonchev–Trinajstić information content (AvgIpc) is 2.92. The molecule has 0 spiro atoms. The summed E-state index contributed by atoms with van der Waals surface area (Å²) in [6, 6.07) is 3.60. The molecular formula is C15H20N4O2. The number of aromatic nitrogens is 4. The molecule has 0 amide bonds. The van der Waals surface area contributed by atoms with Crippen LogP contribution < -0.4 is 0 Å². The van der Waals surface area contributed by atoms with E-state index < -0.39 is 5.97 Å². The number of rotatable bonds is 8. The van der Waals surface area contributed by atoms with Crippen LogP contribution in [0.4, 0.5) is 0 Å². The van der Waals surface area contributed by atoms with E-state index in [4.69, 9.17) is 0 Å². The molecule has 0 aliphatic rings. The van der Waals surface area contributed by atoms with Crippen LogP contribution in [0.3, 0.4) is 0 Å². The van der Waals surface area contributed by atoms with Gasteiger partial charge in [-0.05, 0) is 18.6 Å². The van der Waals surface area contributed by atoms with E-state index in [-0.39, 0.29) is 5.69 Å². The van der Waals surface area contributed by atoms with Gasteiger partial charge in [-0.3, -0.25) is 4.98 Å². The summed E-state index contributed by atoms with van der Waals surface area (Å²) in [7, 11) is 0. The second-order valence-corrected chi connectivity index (χ2v) is 4.97. The molecule has 2 rings (SSSR count). The molecule has 0 aromatic carbocycles. The molecule has 0 radical (unpaired) electrons. The molecule has 0 bridgehead atoms. The first-order valence-corrected chi connectivity index (χ1v) is 7.31. The maximum atomic E-state index is 11.3. The van der Waals surface area contributed by atoms with Gasteiger partial charge in [0, 0.05) is 24.5 Å². The van der Waals surface area contributed by atoms with E-state index in [1.807, 2.05) is 6.07 Å². The molecule has 0 atom stereocenters. The monoisotopic (exact) mass is 288 g/mol. The smallest absolute Gasteiger partial charge is 0.358 e. The van der Waals surface area contributed by atoms with Gasteiger partial charge in [0.1, 0.15) is 5.69 Å². The first kappa shape index (κ1) is 15.2. The molecule has 0 aliphatic heterocycles. The molecule has 6 heteroatoms. The molecule has 0 unspecified atom stereocenters. The normalized spacial score (nSPS) is 10.7. The second-order valence-electron chi connectivity index (χ2n) is 4.97. The van der Waals surface area contributed by atoms with E-state index >= 15 is 0 Å². The minimum Gasteiger partial charge on any atom is -0.476 e. The van der Waals surface area contributed by atoms with Gasteiger partial charge in [-0.2, -0.15) is 0 Å². The van der Waals surface area contributed by atoms with Crippen molar-refractivity contribution in [1.82, 2.24) is 20.0 Å². The number of aryl methyl sites for hydroxylation is 1. The lowest BCUT2D eigenvalue weighted by atomic mass is 10.1. The Hall–Kier alpha value is -2.24. The fraction of sp³-hybridized carbons (Fsp3) is 0.467. The summed E-state index contributed by atoms with van der Waals surface area (Å²) in [5, 5.41) is 17.0. The quantitative estimate of drug-likeness (QED) is 0.755. The topological polar surface area (TPSA) is 80.9 Å². The Labute approximate surface area is 123 Å². The Balaban J connectivity index is 2.16. The van der Waals surface area contributed by atoms with Crippen LogP contribution in [0, 0.1) is 0 Å². The average molecular weight is 288 g/mol. The van der Waals surface area contributed by atoms with Crippen LogP contribution in [0.15, 0.2) is 24.5 Å². The minimum absolute atomic E-state index is 0.0171. The lowest BCUT2D eigenvalue weighted by molar-refractivity contribution is 0.0691. The maximum absolute atomic E-state index is 11.3. The van der Waals surface area contributed by atoms with Crippen LogP contribution in [-0.2, 0) is 6.54 Å². The number of unbranched alkanes of at least 4 members (excludes halogenated alkanes) is 4. The van der Waals surface area contributed by atoms with Crippen molar-refractivity contribution in [1.29, 1.82) is 0 Å².